The summed E-state index contributed by atoms with van der Waals surface area (Å²) >= 11 is 6.00. The van der Waals surface area contributed by atoms with Crippen LogP contribution in [0.5, 0.6) is 0 Å². The van der Waals surface area contributed by atoms with Crippen LogP contribution in [0.1, 0.15) is 52.0 Å². The lowest BCUT2D eigenvalue weighted by atomic mass is 9.99. The van der Waals surface area contributed by atoms with E-state index in [4.69, 9.17) is 16.3 Å². The van der Waals surface area contributed by atoms with Crippen molar-refractivity contribution in [3.63, 3.8) is 0 Å². The molecule has 0 bridgehead atoms. The van der Waals surface area contributed by atoms with E-state index in [1.807, 2.05) is 49.9 Å². The van der Waals surface area contributed by atoms with Gasteiger partial charge in [0.2, 0.25) is 0 Å². The molecule has 2 rings (SSSR count). The largest absolute Gasteiger partial charge is 0.444 e. The van der Waals surface area contributed by atoms with Gasteiger partial charge in [-0.15, -0.1) is 0 Å². The van der Waals surface area contributed by atoms with E-state index in [1.54, 1.807) is 0 Å². The third-order valence-corrected chi connectivity index (χ3v) is 4.06. The minimum Gasteiger partial charge on any atom is -0.444 e. The van der Waals surface area contributed by atoms with E-state index in [0.717, 1.165) is 42.8 Å². The Morgan fingerprint density at radius 2 is 2.17 bits per heavy atom. The van der Waals surface area contributed by atoms with Crippen LogP contribution in [-0.4, -0.2) is 29.2 Å². The highest BCUT2D eigenvalue weighted by atomic mass is 35.5. The number of amides is 1. The number of piperidine rings is 1. The minimum absolute atomic E-state index is 0.196. The van der Waals surface area contributed by atoms with Crippen molar-refractivity contribution in [1.29, 1.82) is 0 Å². The molecule has 0 aromatic heterocycles. The standard InChI is InChI=1S/C19H26ClNO2/c1-19(2,3)23-18(22)21-13-5-4-11-17(21)12-7-9-15-8-6-10-16(20)14-15/h6-10,14,17H,4-5,11-13H2,1-3H3/b9-7+. The third-order valence-electron chi connectivity index (χ3n) is 3.82. The van der Waals surface area contributed by atoms with Crippen LogP contribution in [0.2, 0.25) is 5.02 Å². The smallest absolute Gasteiger partial charge is 0.410 e. The number of halogens is 1. The van der Waals surface area contributed by atoms with Gasteiger partial charge < -0.3 is 9.64 Å². The van der Waals surface area contributed by atoms with E-state index >= 15 is 0 Å². The molecule has 126 valence electrons. The highest BCUT2D eigenvalue weighted by Gasteiger charge is 2.29. The van der Waals surface area contributed by atoms with Crippen LogP contribution in [0.4, 0.5) is 4.79 Å². The fraction of sp³-hybridized carbons (Fsp3) is 0.526. The highest BCUT2D eigenvalue weighted by Crippen LogP contribution is 2.23. The summed E-state index contributed by atoms with van der Waals surface area (Å²) in [5.74, 6) is 0. The molecular formula is C19H26ClNO2. The van der Waals surface area contributed by atoms with Crippen molar-refractivity contribution in [1.82, 2.24) is 4.90 Å². The quantitative estimate of drug-likeness (QED) is 0.726. The number of ether oxygens (including phenoxy) is 1. The van der Waals surface area contributed by atoms with Crippen molar-refractivity contribution < 1.29 is 9.53 Å². The molecule has 1 aliphatic heterocycles. The third kappa shape index (κ3) is 5.91. The molecule has 23 heavy (non-hydrogen) atoms. The van der Waals surface area contributed by atoms with Gasteiger partial charge in [-0.3, -0.25) is 0 Å². The molecule has 4 heteroatoms. The van der Waals surface area contributed by atoms with Crippen molar-refractivity contribution in [2.24, 2.45) is 0 Å². The minimum atomic E-state index is -0.449. The van der Waals surface area contributed by atoms with Crippen LogP contribution in [0.15, 0.2) is 30.3 Å². The Hall–Kier alpha value is -1.48. The summed E-state index contributed by atoms with van der Waals surface area (Å²) in [6.45, 7) is 6.50. The van der Waals surface area contributed by atoms with E-state index in [9.17, 15) is 4.79 Å². The Labute approximate surface area is 144 Å². The van der Waals surface area contributed by atoms with Gasteiger partial charge in [0, 0.05) is 17.6 Å². The molecule has 0 aliphatic carbocycles. The second-order valence-corrected chi connectivity index (χ2v) is 7.45. The Morgan fingerprint density at radius 1 is 1.39 bits per heavy atom. The fourth-order valence-corrected chi connectivity index (χ4v) is 2.98. The average Bonchev–Trinajstić information content (AvgIpc) is 2.46. The van der Waals surface area contributed by atoms with Crippen LogP contribution in [0.3, 0.4) is 0 Å². The SMILES string of the molecule is CC(C)(C)OC(=O)N1CCCCC1C/C=C/c1cccc(Cl)c1. The summed E-state index contributed by atoms with van der Waals surface area (Å²) < 4.78 is 5.53. The summed E-state index contributed by atoms with van der Waals surface area (Å²) in [6, 6.07) is 7.98. The highest BCUT2D eigenvalue weighted by molar-refractivity contribution is 6.30. The second kappa shape index (κ2) is 7.87. The van der Waals surface area contributed by atoms with Crippen LogP contribution >= 0.6 is 11.6 Å². The molecule has 1 amide bonds. The first-order chi connectivity index (χ1) is 10.8. The number of likely N-dealkylation sites (tertiary alicyclic amines) is 1. The van der Waals surface area contributed by atoms with Gasteiger partial charge in [0.05, 0.1) is 0 Å². The van der Waals surface area contributed by atoms with Gasteiger partial charge >= 0.3 is 6.09 Å². The van der Waals surface area contributed by atoms with Gasteiger partial charge in [0.25, 0.3) is 0 Å². The maximum Gasteiger partial charge on any atom is 0.410 e. The predicted octanol–water partition coefficient (Wildman–Crippen LogP) is 5.53. The molecule has 1 heterocycles. The molecule has 0 N–H and O–H groups in total. The fourth-order valence-electron chi connectivity index (χ4n) is 2.78. The first kappa shape index (κ1) is 17.9. The monoisotopic (exact) mass is 335 g/mol. The normalized spacial score (nSPS) is 19.1. The molecule has 1 aromatic carbocycles. The Bertz CT molecular complexity index is 563. The zero-order valence-electron chi connectivity index (χ0n) is 14.2. The summed E-state index contributed by atoms with van der Waals surface area (Å²) in [5.41, 5.74) is 0.632. The zero-order valence-corrected chi connectivity index (χ0v) is 15.0. The number of rotatable bonds is 3. The number of benzene rings is 1. The van der Waals surface area contributed by atoms with E-state index < -0.39 is 5.60 Å². The van der Waals surface area contributed by atoms with Crippen molar-refractivity contribution >= 4 is 23.8 Å². The molecule has 1 atom stereocenters. The van der Waals surface area contributed by atoms with Crippen molar-refractivity contribution in [3.8, 4) is 0 Å². The van der Waals surface area contributed by atoms with Crippen molar-refractivity contribution in [2.45, 2.75) is 58.1 Å². The first-order valence-corrected chi connectivity index (χ1v) is 8.65. The van der Waals surface area contributed by atoms with Gasteiger partial charge in [-0.1, -0.05) is 35.9 Å². The maximum atomic E-state index is 12.4. The topological polar surface area (TPSA) is 29.5 Å². The number of nitrogens with zero attached hydrogens (tertiary/aromatic N) is 1. The number of carbonyl (C=O) groups is 1. The molecule has 1 fully saturated rings. The summed E-state index contributed by atoms with van der Waals surface area (Å²) in [7, 11) is 0. The molecule has 0 radical (unpaired) electrons. The molecule has 3 nitrogen and oxygen atoms in total. The van der Waals surface area contributed by atoms with Gasteiger partial charge in [-0.25, -0.2) is 4.79 Å². The average molecular weight is 336 g/mol. The predicted molar refractivity (Wildman–Crippen MR) is 95.7 cm³/mol. The Morgan fingerprint density at radius 3 is 2.87 bits per heavy atom. The number of hydrogen-bond donors (Lipinski definition) is 0. The summed E-state index contributed by atoms with van der Waals surface area (Å²) in [4.78, 5) is 14.3. The lowest BCUT2D eigenvalue weighted by Gasteiger charge is -2.36. The second-order valence-electron chi connectivity index (χ2n) is 7.02. The molecular weight excluding hydrogens is 310 g/mol. The van der Waals surface area contributed by atoms with Gasteiger partial charge in [0.15, 0.2) is 0 Å². The van der Waals surface area contributed by atoms with Gasteiger partial charge in [0.1, 0.15) is 5.60 Å². The summed E-state index contributed by atoms with van der Waals surface area (Å²) in [5, 5.41) is 0.736. The van der Waals surface area contributed by atoms with E-state index in [2.05, 4.69) is 12.2 Å². The number of hydrogen-bond acceptors (Lipinski definition) is 2. The van der Waals surface area contributed by atoms with E-state index in [-0.39, 0.29) is 12.1 Å². The molecule has 1 unspecified atom stereocenters. The molecule has 1 aromatic rings. The Balaban J connectivity index is 1.97. The van der Waals surface area contributed by atoms with Crippen LogP contribution in [0, 0.1) is 0 Å². The van der Waals surface area contributed by atoms with Crippen LogP contribution in [-0.2, 0) is 4.74 Å². The van der Waals surface area contributed by atoms with E-state index in [0.29, 0.717) is 0 Å². The number of carbonyl (C=O) groups excluding carboxylic acids is 1. The van der Waals surface area contributed by atoms with E-state index in [1.165, 1.54) is 0 Å². The summed E-state index contributed by atoms with van der Waals surface area (Å²) in [6.07, 6.45) is 8.07. The lowest BCUT2D eigenvalue weighted by Crippen LogP contribution is -2.45. The van der Waals surface area contributed by atoms with Crippen molar-refractivity contribution in [2.75, 3.05) is 6.54 Å². The molecule has 1 aliphatic rings. The van der Waals surface area contributed by atoms with Gasteiger partial charge in [-0.2, -0.15) is 0 Å². The maximum absolute atomic E-state index is 12.4. The van der Waals surface area contributed by atoms with Crippen LogP contribution < -0.4 is 0 Å². The first-order valence-electron chi connectivity index (χ1n) is 8.27. The molecule has 0 spiro atoms. The van der Waals surface area contributed by atoms with Crippen LogP contribution in [0.25, 0.3) is 6.08 Å². The molecule has 0 saturated carbocycles. The van der Waals surface area contributed by atoms with Gasteiger partial charge in [-0.05, 0) is 64.2 Å². The molecule has 1 saturated heterocycles. The Kier molecular flexibility index (Phi) is 6.11. The van der Waals surface area contributed by atoms with Crippen molar-refractivity contribution in [3.05, 3.63) is 40.9 Å². The lowest BCUT2D eigenvalue weighted by molar-refractivity contribution is 0.0103. The zero-order chi connectivity index (χ0) is 16.9.